The first-order valence-electron chi connectivity index (χ1n) is 7.82. The standard InChI is InChI=1S/C22H17I/c1-14-11-15(2)13-18(12-14)22-20(23)10-9-17-8-7-16-5-3-4-6-19(16)21(17)22/h3-13H,1-2H3. The van der Waals surface area contributed by atoms with Crippen LogP contribution in [0.4, 0.5) is 0 Å². The van der Waals surface area contributed by atoms with Gasteiger partial charge < -0.3 is 0 Å². The van der Waals surface area contributed by atoms with E-state index in [-0.39, 0.29) is 0 Å². The summed E-state index contributed by atoms with van der Waals surface area (Å²) in [6.07, 6.45) is 0. The highest BCUT2D eigenvalue weighted by Gasteiger charge is 2.12. The van der Waals surface area contributed by atoms with E-state index < -0.39 is 0 Å². The van der Waals surface area contributed by atoms with Gasteiger partial charge in [0.1, 0.15) is 0 Å². The SMILES string of the molecule is Cc1cc(C)cc(-c2c(I)ccc3ccc4ccccc4c23)c1. The zero-order chi connectivity index (χ0) is 16.0. The maximum Gasteiger partial charge on any atom is 0.0215 e. The van der Waals surface area contributed by atoms with Gasteiger partial charge in [-0.25, -0.2) is 0 Å². The van der Waals surface area contributed by atoms with E-state index in [9.17, 15) is 0 Å². The highest BCUT2D eigenvalue weighted by molar-refractivity contribution is 14.1. The molecule has 23 heavy (non-hydrogen) atoms. The molecule has 0 saturated carbocycles. The Morgan fingerprint density at radius 1 is 0.696 bits per heavy atom. The van der Waals surface area contributed by atoms with E-state index in [2.05, 4.69) is 103 Å². The molecular weight excluding hydrogens is 391 g/mol. The molecule has 0 bridgehead atoms. The van der Waals surface area contributed by atoms with Gasteiger partial charge in [0.25, 0.3) is 0 Å². The normalized spacial score (nSPS) is 11.3. The molecule has 0 heterocycles. The first-order chi connectivity index (χ1) is 11.1. The van der Waals surface area contributed by atoms with Crippen LogP contribution >= 0.6 is 22.6 Å². The van der Waals surface area contributed by atoms with Crippen LogP contribution in [-0.2, 0) is 0 Å². The summed E-state index contributed by atoms with van der Waals surface area (Å²) in [7, 11) is 0. The molecule has 0 radical (unpaired) electrons. The van der Waals surface area contributed by atoms with Crippen molar-refractivity contribution in [2.75, 3.05) is 0 Å². The third kappa shape index (κ3) is 2.53. The summed E-state index contributed by atoms with van der Waals surface area (Å²) in [5, 5.41) is 5.29. The van der Waals surface area contributed by atoms with Crippen molar-refractivity contribution in [2.45, 2.75) is 13.8 Å². The van der Waals surface area contributed by atoms with Crippen LogP contribution in [0.25, 0.3) is 32.7 Å². The summed E-state index contributed by atoms with van der Waals surface area (Å²) in [5.41, 5.74) is 5.29. The number of hydrogen-bond acceptors (Lipinski definition) is 0. The van der Waals surface area contributed by atoms with Crippen molar-refractivity contribution in [1.29, 1.82) is 0 Å². The van der Waals surface area contributed by atoms with Gasteiger partial charge in [-0.2, -0.15) is 0 Å². The molecule has 0 aliphatic heterocycles. The smallest absolute Gasteiger partial charge is 0.0215 e. The Balaban J connectivity index is 2.20. The predicted molar refractivity (Wildman–Crippen MR) is 109 cm³/mol. The molecule has 0 atom stereocenters. The number of rotatable bonds is 1. The summed E-state index contributed by atoms with van der Waals surface area (Å²) in [6.45, 7) is 4.35. The van der Waals surface area contributed by atoms with Gasteiger partial charge >= 0.3 is 0 Å². The van der Waals surface area contributed by atoms with Gasteiger partial charge in [-0.05, 0) is 69.6 Å². The van der Waals surface area contributed by atoms with Crippen molar-refractivity contribution in [3.8, 4) is 11.1 Å². The average Bonchev–Trinajstić information content (AvgIpc) is 2.53. The molecule has 4 rings (SSSR count). The number of aryl methyl sites for hydroxylation is 2. The van der Waals surface area contributed by atoms with Gasteiger partial charge in [-0.1, -0.05) is 71.8 Å². The Kier molecular flexibility index (Phi) is 3.61. The Hall–Kier alpha value is -1.87. The zero-order valence-electron chi connectivity index (χ0n) is 13.2. The van der Waals surface area contributed by atoms with E-state index in [1.807, 2.05) is 0 Å². The molecule has 4 aromatic carbocycles. The number of fused-ring (bicyclic) bond motifs is 3. The quantitative estimate of drug-likeness (QED) is 0.238. The molecule has 0 N–H and O–H groups in total. The maximum atomic E-state index is 2.47. The molecule has 112 valence electrons. The molecule has 1 heteroatoms. The second kappa shape index (κ2) is 5.64. The van der Waals surface area contributed by atoms with Gasteiger partial charge in [0.05, 0.1) is 0 Å². The van der Waals surface area contributed by atoms with Crippen molar-refractivity contribution in [3.63, 3.8) is 0 Å². The van der Waals surface area contributed by atoms with Crippen LogP contribution in [0.1, 0.15) is 11.1 Å². The zero-order valence-corrected chi connectivity index (χ0v) is 15.4. The molecule has 0 saturated heterocycles. The van der Waals surface area contributed by atoms with Crippen LogP contribution in [-0.4, -0.2) is 0 Å². The lowest BCUT2D eigenvalue weighted by Gasteiger charge is -2.14. The Bertz CT molecular complexity index is 1020. The Morgan fingerprint density at radius 3 is 2.13 bits per heavy atom. The molecule has 0 unspecified atom stereocenters. The average molecular weight is 408 g/mol. The summed E-state index contributed by atoms with van der Waals surface area (Å²) < 4.78 is 1.30. The summed E-state index contributed by atoms with van der Waals surface area (Å²) >= 11 is 2.47. The Labute approximate surface area is 150 Å². The summed E-state index contributed by atoms with van der Waals surface area (Å²) in [5.74, 6) is 0. The van der Waals surface area contributed by atoms with E-state index in [4.69, 9.17) is 0 Å². The van der Waals surface area contributed by atoms with Gasteiger partial charge in [0.2, 0.25) is 0 Å². The van der Waals surface area contributed by atoms with Gasteiger partial charge in [0.15, 0.2) is 0 Å². The van der Waals surface area contributed by atoms with Crippen LogP contribution in [0.3, 0.4) is 0 Å². The second-order valence-corrected chi connectivity index (χ2v) is 7.35. The topological polar surface area (TPSA) is 0 Å². The monoisotopic (exact) mass is 408 g/mol. The third-order valence-electron chi connectivity index (χ3n) is 4.37. The molecule has 4 aromatic rings. The van der Waals surface area contributed by atoms with Crippen LogP contribution in [0.5, 0.6) is 0 Å². The van der Waals surface area contributed by atoms with Crippen molar-refractivity contribution in [2.24, 2.45) is 0 Å². The van der Waals surface area contributed by atoms with Crippen molar-refractivity contribution >= 4 is 44.1 Å². The van der Waals surface area contributed by atoms with E-state index in [0.717, 1.165) is 0 Å². The third-order valence-corrected chi connectivity index (χ3v) is 5.27. The molecule has 0 spiro atoms. The van der Waals surface area contributed by atoms with E-state index >= 15 is 0 Å². The highest BCUT2D eigenvalue weighted by Crippen LogP contribution is 2.38. The maximum absolute atomic E-state index is 2.47. The minimum absolute atomic E-state index is 1.30. The lowest BCUT2D eigenvalue weighted by molar-refractivity contribution is 1.38. The van der Waals surface area contributed by atoms with Crippen molar-refractivity contribution in [3.05, 3.63) is 81.4 Å². The van der Waals surface area contributed by atoms with Crippen molar-refractivity contribution in [1.82, 2.24) is 0 Å². The van der Waals surface area contributed by atoms with Crippen LogP contribution < -0.4 is 0 Å². The van der Waals surface area contributed by atoms with E-state index in [1.165, 1.54) is 47.4 Å². The number of halogens is 1. The lowest BCUT2D eigenvalue weighted by Crippen LogP contribution is -1.90. The highest BCUT2D eigenvalue weighted by atomic mass is 127. The van der Waals surface area contributed by atoms with Gasteiger partial charge in [-0.3, -0.25) is 0 Å². The summed E-state index contributed by atoms with van der Waals surface area (Å²) in [6, 6.07) is 24.4. The fourth-order valence-corrected chi connectivity index (χ4v) is 4.23. The first kappa shape index (κ1) is 14.7. The molecule has 0 aliphatic rings. The number of benzene rings is 4. The Morgan fingerprint density at radius 2 is 1.35 bits per heavy atom. The van der Waals surface area contributed by atoms with Crippen molar-refractivity contribution < 1.29 is 0 Å². The number of hydrogen-bond donors (Lipinski definition) is 0. The minimum Gasteiger partial charge on any atom is -0.0616 e. The molecule has 0 fully saturated rings. The molecule has 0 aromatic heterocycles. The molecular formula is C22H17I. The fourth-order valence-electron chi connectivity index (χ4n) is 3.47. The van der Waals surface area contributed by atoms with Crippen LogP contribution in [0.15, 0.2) is 66.7 Å². The van der Waals surface area contributed by atoms with E-state index in [0.29, 0.717) is 0 Å². The molecule has 0 nitrogen and oxygen atoms in total. The largest absolute Gasteiger partial charge is 0.0616 e. The van der Waals surface area contributed by atoms with Gasteiger partial charge in [-0.15, -0.1) is 0 Å². The lowest BCUT2D eigenvalue weighted by atomic mass is 9.92. The minimum atomic E-state index is 1.30. The van der Waals surface area contributed by atoms with Gasteiger partial charge in [0, 0.05) is 9.13 Å². The molecule has 0 amide bonds. The second-order valence-electron chi connectivity index (χ2n) is 6.18. The molecule has 0 aliphatic carbocycles. The summed E-state index contributed by atoms with van der Waals surface area (Å²) in [4.78, 5) is 0. The fraction of sp³-hybridized carbons (Fsp3) is 0.0909. The first-order valence-corrected chi connectivity index (χ1v) is 8.90. The van der Waals surface area contributed by atoms with E-state index in [1.54, 1.807) is 0 Å². The van der Waals surface area contributed by atoms with Crippen LogP contribution in [0, 0.1) is 17.4 Å². The predicted octanol–water partition coefficient (Wildman–Crippen LogP) is 6.88. The van der Waals surface area contributed by atoms with Crippen LogP contribution in [0.2, 0.25) is 0 Å².